The van der Waals surface area contributed by atoms with Gasteiger partial charge >= 0.3 is 5.97 Å². The van der Waals surface area contributed by atoms with Crippen LogP contribution in [0.2, 0.25) is 0 Å². The molecule has 7 nitrogen and oxygen atoms in total. The number of carboxylic acid groups (broad SMARTS) is 1. The Balaban J connectivity index is 1.87. The van der Waals surface area contributed by atoms with E-state index < -0.39 is 5.97 Å². The van der Waals surface area contributed by atoms with Gasteiger partial charge in [-0.2, -0.15) is 5.10 Å². The van der Waals surface area contributed by atoms with Crippen molar-refractivity contribution in [2.24, 2.45) is 0 Å². The fourth-order valence-corrected chi connectivity index (χ4v) is 2.32. The largest absolute Gasteiger partial charge is 0.481 e. The maximum absolute atomic E-state index is 12.1. The third-order valence-corrected chi connectivity index (χ3v) is 3.64. The Labute approximate surface area is 130 Å². The van der Waals surface area contributed by atoms with Crippen molar-refractivity contribution >= 4 is 34.4 Å². The zero-order valence-corrected chi connectivity index (χ0v) is 12.4. The normalized spacial score (nSPS) is 10.2. The molecule has 8 heteroatoms. The summed E-state index contributed by atoms with van der Waals surface area (Å²) in [6.07, 6.45) is 1.53. The molecule has 2 rings (SSSR count). The van der Waals surface area contributed by atoms with Gasteiger partial charge in [-0.15, -0.1) is 11.8 Å². The van der Waals surface area contributed by atoms with Crippen LogP contribution >= 0.6 is 11.8 Å². The second-order valence-electron chi connectivity index (χ2n) is 4.34. The highest BCUT2D eigenvalue weighted by Crippen LogP contribution is 2.02. The molecule has 0 aliphatic rings. The summed E-state index contributed by atoms with van der Waals surface area (Å²) in [5.74, 6) is -1.29. The standard InChI is InChI=1S/C14H13N3O4S/c18-12(8-22-9-13(19)20)15-5-6-17-14(21)11-4-2-1-3-10(11)7-16-17/h2,4,7H,5-6,8-9H2,(H,15,18)(H,19,20). The van der Waals surface area contributed by atoms with E-state index in [-0.39, 0.29) is 36.1 Å². The molecule has 2 aromatic rings. The Kier molecular flexibility index (Phi) is 5.38. The first-order valence-electron chi connectivity index (χ1n) is 6.42. The van der Waals surface area contributed by atoms with Gasteiger partial charge in [0.15, 0.2) is 0 Å². The quantitative estimate of drug-likeness (QED) is 0.741. The number of hydrogen-bond acceptors (Lipinski definition) is 5. The minimum atomic E-state index is -0.959. The van der Waals surface area contributed by atoms with Gasteiger partial charge in [0.2, 0.25) is 5.91 Å². The smallest absolute Gasteiger partial charge is 0.313 e. The second-order valence-corrected chi connectivity index (χ2v) is 5.32. The summed E-state index contributed by atoms with van der Waals surface area (Å²) in [5.41, 5.74) is -0.253. The van der Waals surface area contributed by atoms with Gasteiger partial charge in [-0.25, -0.2) is 4.68 Å². The number of carbonyl (C=O) groups excluding carboxylic acids is 1. The first-order chi connectivity index (χ1) is 10.6. The molecule has 0 aliphatic carbocycles. The number of carboxylic acids is 1. The zero-order chi connectivity index (χ0) is 15.9. The van der Waals surface area contributed by atoms with Gasteiger partial charge in [0.25, 0.3) is 5.56 Å². The van der Waals surface area contributed by atoms with Crippen molar-refractivity contribution in [2.45, 2.75) is 6.54 Å². The van der Waals surface area contributed by atoms with E-state index in [4.69, 9.17) is 5.11 Å². The Morgan fingerprint density at radius 1 is 1.41 bits per heavy atom. The summed E-state index contributed by atoms with van der Waals surface area (Å²) < 4.78 is 1.26. The highest BCUT2D eigenvalue weighted by Gasteiger charge is 2.06. The van der Waals surface area contributed by atoms with E-state index in [1.165, 1.54) is 10.9 Å². The van der Waals surface area contributed by atoms with Crippen LogP contribution in [-0.2, 0) is 16.1 Å². The zero-order valence-electron chi connectivity index (χ0n) is 11.5. The Morgan fingerprint density at radius 3 is 3.00 bits per heavy atom. The lowest BCUT2D eigenvalue weighted by Crippen LogP contribution is -2.33. The average molecular weight is 319 g/mol. The van der Waals surface area contributed by atoms with E-state index in [0.717, 1.165) is 11.8 Å². The minimum absolute atomic E-state index is 0.0666. The van der Waals surface area contributed by atoms with Gasteiger partial charge in [-0.05, 0) is 12.1 Å². The molecule has 0 atom stereocenters. The molecule has 0 spiro atoms. The topological polar surface area (TPSA) is 101 Å². The SMILES string of the molecule is O=C(O)CSCC(=O)NCCn1ncc2c#cccc2c1=O. The van der Waals surface area contributed by atoms with Gasteiger partial charge in [0, 0.05) is 6.54 Å². The summed E-state index contributed by atoms with van der Waals surface area (Å²) in [4.78, 5) is 33.9. The lowest BCUT2D eigenvalue weighted by atomic mass is 10.2. The number of aliphatic carboxylic acids is 1. The second kappa shape index (κ2) is 7.47. The minimum Gasteiger partial charge on any atom is -0.481 e. The summed E-state index contributed by atoms with van der Waals surface area (Å²) in [6, 6.07) is 8.81. The molecule has 0 fully saturated rings. The van der Waals surface area contributed by atoms with E-state index in [1.807, 2.05) is 0 Å². The number of nitrogens with zero attached hydrogens (tertiary/aromatic N) is 2. The number of hydrogen-bond donors (Lipinski definition) is 2. The predicted molar refractivity (Wildman–Crippen MR) is 81.6 cm³/mol. The van der Waals surface area contributed by atoms with E-state index in [9.17, 15) is 14.4 Å². The molecule has 0 saturated heterocycles. The van der Waals surface area contributed by atoms with Crippen LogP contribution in [0.4, 0.5) is 0 Å². The van der Waals surface area contributed by atoms with Gasteiger partial charge in [0.1, 0.15) is 0 Å². The maximum Gasteiger partial charge on any atom is 0.313 e. The molecule has 0 radical (unpaired) electrons. The Bertz CT molecular complexity index is 744. The van der Waals surface area contributed by atoms with Gasteiger partial charge in [-0.3, -0.25) is 14.4 Å². The molecule has 0 aliphatic heterocycles. The molecule has 1 amide bonds. The van der Waals surface area contributed by atoms with Crippen LogP contribution in [0, 0.1) is 12.1 Å². The molecule has 114 valence electrons. The summed E-state index contributed by atoms with van der Waals surface area (Å²) in [6.45, 7) is 0.482. The molecule has 1 aromatic carbocycles. The van der Waals surface area contributed by atoms with E-state index >= 15 is 0 Å². The van der Waals surface area contributed by atoms with Crippen LogP contribution in [0.1, 0.15) is 0 Å². The number of aromatic nitrogens is 2. The Hall–Kier alpha value is -2.53. The molecule has 0 bridgehead atoms. The van der Waals surface area contributed by atoms with E-state index in [0.29, 0.717) is 10.8 Å². The third-order valence-electron chi connectivity index (χ3n) is 2.73. The molecule has 0 saturated carbocycles. The third kappa shape index (κ3) is 4.23. The van der Waals surface area contributed by atoms with Crippen LogP contribution < -0.4 is 10.9 Å². The number of rotatable bonds is 7. The molecule has 1 aromatic heterocycles. The number of nitrogens with one attached hydrogen (secondary N) is 1. The number of fused-ring (bicyclic) bond motifs is 1. The molecule has 0 unspecified atom stereocenters. The van der Waals surface area contributed by atoms with Crippen LogP contribution in [0.25, 0.3) is 10.8 Å². The van der Waals surface area contributed by atoms with E-state index in [2.05, 4.69) is 22.5 Å². The monoisotopic (exact) mass is 319 g/mol. The van der Waals surface area contributed by atoms with Crippen molar-refractivity contribution in [1.82, 2.24) is 15.1 Å². The van der Waals surface area contributed by atoms with Crippen LogP contribution in [0.5, 0.6) is 0 Å². The van der Waals surface area contributed by atoms with Crippen LogP contribution in [-0.4, -0.2) is 44.8 Å². The predicted octanol–water partition coefficient (Wildman–Crippen LogP) is -0.0691. The van der Waals surface area contributed by atoms with Crippen molar-refractivity contribution in [1.29, 1.82) is 0 Å². The van der Waals surface area contributed by atoms with Crippen LogP contribution in [0.15, 0.2) is 23.1 Å². The van der Waals surface area contributed by atoms with Crippen molar-refractivity contribution in [3.63, 3.8) is 0 Å². The lowest BCUT2D eigenvalue weighted by Gasteiger charge is -2.06. The van der Waals surface area contributed by atoms with Crippen molar-refractivity contribution in [3.05, 3.63) is 40.8 Å². The summed E-state index contributed by atoms with van der Waals surface area (Å²) >= 11 is 1.02. The highest BCUT2D eigenvalue weighted by atomic mass is 32.2. The number of amides is 1. The van der Waals surface area contributed by atoms with Gasteiger partial charge in [0.05, 0.1) is 35.0 Å². The number of thioether (sulfide) groups is 1. The summed E-state index contributed by atoms with van der Waals surface area (Å²) in [7, 11) is 0. The molecule has 2 N–H and O–H groups in total. The molecule has 22 heavy (non-hydrogen) atoms. The summed E-state index contributed by atoms with van der Waals surface area (Å²) in [5, 5.41) is 16.2. The fraction of sp³-hybridized carbons (Fsp3) is 0.286. The first-order valence-corrected chi connectivity index (χ1v) is 7.58. The fourth-order valence-electron chi connectivity index (χ4n) is 1.75. The van der Waals surface area contributed by atoms with Crippen molar-refractivity contribution in [3.8, 4) is 0 Å². The lowest BCUT2D eigenvalue weighted by molar-refractivity contribution is -0.133. The molecular weight excluding hydrogens is 306 g/mol. The van der Waals surface area contributed by atoms with Crippen molar-refractivity contribution < 1.29 is 14.7 Å². The molecule has 1 heterocycles. The highest BCUT2D eigenvalue weighted by molar-refractivity contribution is 8.00. The number of carbonyl (C=O) groups is 2. The Morgan fingerprint density at radius 2 is 2.23 bits per heavy atom. The first kappa shape index (κ1) is 15.9. The van der Waals surface area contributed by atoms with E-state index in [1.54, 1.807) is 12.1 Å². The maximum atomic E-state index is 12.1. The average Bonchev–Trinajstić information content (AvgIpc) is 2.49. The molecular formula is C14H13N3O4S. The van der Waals surface area contributed by atoms with Gasteiger partial charge in [-0.1, -0.05) is 12.1 Å². The van der Waals surface area contributed by atoms with Crippen LogP contribution in [0.3, 0.4) is 0 Å². The van der Waals surface area contributed by atoms with Crippen molar-refractivity contribution in [2.75, 3.05) is 18.1 Å². The van der Waals surface area contributed by atoms with Gasteiger partial charge < -0.3 is 10.4 Å².